The molecule has 0 unspecified atom stereocenters. The summed E-state index contributed by atoms with van der Waals surface area (Å²) in [7, 11) is 0. The molecule has 0 aliphatic carbocycles. The molecule has 0 saturated carbocycles. The first-order chi connectivity index (χ1) is 13.2. The number of aliphatic hydroxyl groups is 1. The number of rotatable bonds is 4. The number of likely N-dealkylation sites (tertiary alicyclic amines) is 1. The zero-order valence-corrected chi connectivity index (χ0v) is 15.5. The minimum atomic E-state index is -0.524. The molecule has 142 valence electrons. The molecule has 3 heterocycles. The summed E-state index contributed by atoms with van der Waals surface area (Å²) < 4.78 is 0. The summed E-state index contributed by atoms with van der Waals surface area (Å²) in [6.07, 6.45) is 8.90. The molecule has 4 rings (SSSR count). The van der Waals surface area contributed by atoms with Crippen LogP contribution in [0.25, 0.3) is 0 Å². The average molecular weight is 366 g/mol. The Balaban J connectivity index is 1.39. The molecule has 1 N–H and O–H groups in total. The monoisotopic (exact) mass is 366 g/mol. The largest absolute Gasteiger partial charge is 0.391 e. The van der Waals surface area contributed by atoms with Crippen LogP contribution < -0.4 is 4.90 Å². The summed E-state index contributed by atoms with van der Waals surface area (Å²) >= 11 is 0. The van der Waals surface area contributed by atoms with Gasteiger partial charge in [-0.2, -0.15) is 0 Å². The summed E-state index contributed by atoms with van der Waals surface area (Å²) in [5.41, 5.74) is 2.72. The van der Waals surface area contributed by atoms with Gasteiger partial charge in [0.1, 0.15) is 0 Å². The number of carbonyl (C=O) groups is 1. The van der Waals surface area contributed by atoms with Crippen molar-refractivity contribution >= 4 is 11.6 Å². The van der Waals surface area contributed by atoms with Crippen LogP contribution in [0.5, 0.6) is 0 Å². The minimum Gasteiger partial charge on any atom is -0.391 e. The van der Waals surface area contributed by atoms with E-state index in [1.54, 1.807) is 23.5 Å². The zero-order valence-electron chi connectivity index (χ0n) is 15.5. The lowest BCUT2D eigenvalue weighted by Crippen LogP contribution is -2.30. The Labute approximate surface area is 159 Å². The van der Waals surface area contributed by atoms with E-state index in [4.69, 9.17) is 0 Å². The number of hydrogen-bond acceptors (Lipinski definition) is 5. The normalized spacial score (nSPS) is 22.9. The van der Waals surface area contributed by atoms with Crippen molar-refractivity contribution in [1.29, 1.82) is 0 Å². The summed E-state index contributed by atoms with van der Waals surface area (Å²) in [5.74, 6) is -0.0147. The fraction of sp³-hybridized carbons (Fsp3) is 0.476. The lowest BCUT2D eigenvalue weighted by atomic mass is 10.0. The topological polar surface area (TPSA) is 69.6 Å². The van der Waals surface area contributed by atoms with Crippen LogP contribution in [0.1, 0.15) is 35.3 Å². The molecule has 6 heteroatoms. The number of β-amino-alcohol motifs (C(OH)–C–C–N with tert-alkyl or cyclic N) is 1. The molecule has 2 aliphatic heterocycles. The van der Waals surface area contributed by atoms with Crippen LogP contribution in [0.3, 0.4) is 0 Å². The van der Waals surface area contributed by atoms with Gasteiger partial charge in [0, 0.05) is 61.9 Å². The maximum atomic E-state index is 12.9. The predicted molar refractivity (Wildman–Crippen MR) is 104 cm³/mol. The predicted octanol–water partition coefficient (Wildman–Crippen LogP) is 2.14. The van der Waals surface area contributed by atoms with E-state index < -0.39 is 6.10 Å². The van der Waals surface area contributed by atoms with Crippen molar-refractivity contribution in [2.75, 3.05) is 31.1 Å². The van der Waals surface area contributed by atoms with Crippen molar-refractivity contribution in [3.8, 4) is 0 Å². The Morgan fingerprint density at radius 2 is 1.85 bits per heavy atom. The van der Waals surface area contributed by atoms with Crippen molar-refractivity contribution in [2.45, 2.75) is 31.8 Å². The van der Waals surface area contributed by atoms with E-state index >= 15 is 0 Å². The highest BCUT2D eigenvalue weighted by Gasteiger charge is 2.34. The van der Waals surface area contributed by atoms with Gasteiger partial charge in [0.25, 0.3) is 5.91 Å². The van der Waals surface area contributed by atoms with Crippen LogP contribution in [0, 0.1) is 5.92 Å². The van der Waals surface area contributed by atoms with Crippen LogP contribution in [-0.4, -0.2) is 58.2 Å². The minimum absolute atomic E-state index is 0.00160. The lowest BCUT2D eigenvalue weighted by molar-refractivity contribution is 0.0764. The molecular weight excluding hydrogens is 340 g/mol. The highest BCUT2D eigenvalue weighted by molar-refractivity contribution is 5.94. The standard InChI is InChI=1S/C21H26N4O2/c26-20-15-25(14-17(20)12-18-13-22-8-9-23-18)21(27)16-4-6-19(7-5-16)24-10-2-1-3-11-24/h4-9,13,17,20,26H,1-3,10-12,14-15H2/t17-,20-/m1/s1. The van der Waals surface area contributed by atoms with Gasteiger partial charge in [-0.25, -0.2) is 0 Å². The van der Waals surface area contributed by atoms with Crippen LogP contribution >= 0.6 is 0 Å². The van der Waals surface area contributed by atoms with Crippen molar-refractivity contribution in [3.05, 3.63) is 54.1 Å². The van der Waals surface area contributed by atoms with Crippen LogP contribution in [0.2, 0.25) is 0 Å². The number of benzene rings is 1. The van der Waals surface area contributed by atoms with E-state index in [2.05, 4.69) is 14.9 Å². The van der Waals surface area contributed by atoms with Crippen molar-refractivity contribution in [2.24, 2.45) is 5.92 Å². The first-order valence-electron chi connectivity index (χ1n) is 9.78. The Bertz CT molecular complexity index is 760. The maximum absolute atomic E-state index is 12.9. The first kappa shape index (κ1) is 17.9. The number of piperidine rings is 1. The molecular formula is C21H26N4O2. The van der Waals surface area contributed by atoms with Crippen LogP contribution in [0.15, 0.2) is 42.9 Å². The third-order valence-electron chi connectivity index (χ3n) is 5.62. The second kappa shape index (κ2) is 8.05. The number of aliphatic hydroxyl groups excluding tert-OH is 1. The smallest absolute Gasteiger partial charge is 0.253 e. The van der Waals surface area contributed by atoms with E-state index in [0.29, 0.717) is 25.1 Å². The fourth-order valence-electron chi connectivity index (χ4n) is 4.07. The fourth-order valence-corrected chi connectivity index (χ4v) is 4.07. The molecule has 2 saturated heterocycles. The molecule has 0 bridgehead atoms. The Morgan fingerprint density at radius 1 is 1.07 bits per heavy atom. The number of carbonyl (C=O) groups excluding carboxylic acids is 1. The second-order valence-electron chi connectivity index (χ2n) is 7.53. The van der Waals surface area contributed by atoms with E-state index in [1.165, 1.54) is 24.9 Å². The van der Waals surface area contributed by atoms with E-state index in [-0.39, 0.29) is 11.8 Å². The lowest BCUT2D eigenvalue weighted by Gasteiger charge is -2.29. The molecule has 2 aromatic rings. The molecule has 2 aliphatic rings. The Kier molecular flexibility index (Phi) is 5.34. The SMILES string of the molecule is O=C(c1ccc(N2CCCCC2)cc1)N1C[C@@H](Cc2cnccn2)[C@H](O)C1. The van der Waals surface area contributed by atoms with Crippen molar-refractivity contribution in [3.63, 3.8) is 0 Å². The van der Waals surface area contributed by atoms with Gasteiger partial charge >= 0.3 is 0 Å². The Morgan fingerprint density at radius 3 is 2.56 bits per heavy atom. The molecule has 2 fully saturated rings. The van der Waals surface area contributed by atoms with E-state index in [0.717, 1.165) is 18.8 Å². The molecule has 27 heavy (non-hydrogen) atoms. The molecule has 1 aromatic heterocycles. The number of amides is 1. The zero-order chi connectivity index (χ0) is 18.6. The van der Waals surface area contributed by atoms with Crippen LogP contribution in [0.4, 0.5) is 5.69 Å². The second-order valence-corrected chi connectivity index (χ2v) is 7.53. The summed E-state index contributed by atoms with van der Waals surface area (Å²) in [6.45, 7) is 3.10. The maximum Gasteiger partial charge on any atom is 0.253 e. The van der Waals surface area contributed by atoms with Gasteiger partial charge in [-0.1, -0.05) is 0 Å². The van der Waals surface area contributed by atoms with Gasteiger partial charge in [-0.15, -0.1) is 0 Å². The van der Waals surface area contributed by atoms with Crippen molar-refractivity contribution in [1.82, 2.24) is 14.9 Å². The molecule has 0 radical (unpaired) electrons. The van der Waals surface area contributed by atoms with Gasteiger partial charge in [0.2, 0.25) is 0 Å². The van der Waals surface area contributed by atoms with Crippen LogP contribution in [-0.2, 0) is 6.42 Å². The van der Waals surface area contributed by atoms with Gasteiger partial charge in [0.15, 0.2) is 0 Å². The van der Waals surface area contributed by atoms with E-state index in [1.807, 2.05) is 24.3 Å². The third-order valence-corrected chi connectivity index (χ3v) is 5.62. The number of nitrogens with zero attached hydrogens (tertiary/aromatic N) is 4. The van der Waals surface area contributed by atoms with E-state index in [9.17, 15) is 9.90 Å². The average Bonchev–Trinajstić information content (AvgIpc) is 3.09. The molecule has 1 amide bonds. The number of hydrogen-bond donors (Lipinski definition) is 1. The molecule has 0 spiro atoms. The summed E-state index contributed by atoms with van der Waals surface area (Å²) in [5, 5.41) is 10.4. The number of anilines is 1. The Hall–Kier alpha value is -2.47. The third kappa shape index (κ3) is 4.11. The van der Waals surface area contributed by atoms with Gasteiger partial charge < -0.3 is 14.9 Å². The first-order valence-corrected chi connectivity index (χ1v) is 9.78. The number of aromatic nitrogens is 2. The molecule has 2 atom stereocenters. The highest BCUT2D eigenvalue weighted by Crippen LogP contribution is 2.24. The van der Waals surface area contributed by atoms with Gasteiger partial charge in [-0.05, 0) is 49.9 Å². The van der Waals surface area contributed by atoms with Gasteiger partial charge in [0.05, 0.1) is 11.8 Å². The summed E-state index contributed by atoms with van der Waals surface area (Å²) in [6, 6.07) is 7.91. The quantitative estimate of drug-likeness (QED) is 0.898. The molecule has 1 aromatic carbocycles. The van der Waals surface area contributed by atoms with Gasteiger partial charge in [-0.3, -0.25) is 14.8 Å². The van der Waals surface area contributed by atoms with Crippen molar-refractivity contribution < 1.29 is 9.90 Å². The summed E-state index contributed by atoms with van der Waals surface area (Å²) in [4.78, 5) is 25.3. The molecule has 6 nitrogen and oxygen atoms in total. The highest BCUT2D eigenvalue weighted by atomic mass is 16.3.